The fourth-order valence-electron chi connectivity index (χ4n) is 1.61. The Morgan fingerprint density at radius 1 is 1.00 bits per heavy atom. The highest BCUT2D eigenvalue weighted by molar-refractivity contribution is 9.10. The Morgan fingerprint density at radius 2 is 1.65 bits per heavy atom. The molecule has 2 aromatic rings. The third kappa shape index (κ3) is 4.25. The van der Waals surface area contributed by atoms with Gasteiger partial charge in [0.05, 0.1) is 5.75 Å². The van der Waals surface area contributed by atoms with Gasteiger partial charge in [0.15, 0.2) is 0 Å². The van der Waals surface area contributed by atoms with Crippen molar-refractivity contribution in [2.24, 2.45) is 0 Å². The standard InChI is InChI=1S/C14H15BrN2O2S/c1-2-20(18,19)17-13-8-6-12(7-9-13)16-14-5-3-4-11(15)10-14/h3-10,16-17H,2H2,1H3. The number of hydrogen-bond donors (Lipinski definition) is 2. The molecule has 0 fully saturated rings. The monoisotopic (exact) mass is 354 g/mol. The summed E-state index contributed by atoms with van der Waals surface area (Å²) in [6.07, 6.45) is 0. The van der Waals surface area contributed by atoms with Gasteiger partial charge in [-0.15, -0.1) is 0 Å². The van der Waals surface area contributed by atoms with E-state index in [0.717, 1.165) is 15.8 Å². The summed E-state index contributed by atoms with van der Waals surface area (Å²) in [5, 5.41) is 3.24. The molecule has 0 amide bonds. The Kier molecular flexibility index (Phi) is 4.67. The van der Waals surface area contributed by atoms with Crippen LogP contribution in [0.3, 0.4) is 0 Å². The van der Waals surface area contributed by atoms with E-state index < -0.39 is 10.0 Å². The Morgan fingerprint density at radius 3 is 2.25 bits per heavy atom. The van der Waals surface area contributed by atoms with E-state index in [2.05, 4.69) is 26.0 Å². The van der Waals surface area contributed by atoms with Crippen LogP contribution in [0.1, 0.15) is 6.92 Å². The highest BCUT2D eigenvalue weighted by Gasteiger charge is 2.06. The van der Waals surface area contributed by atoms with Crippen LogP contribution in [0.25, 0.3) is 0 Å². The zero-order chi connectivity index (χ0) is 14.6. The first-order valence-corrected chi connectivity index (χ1v) is 8.56. The van der Waals surface area contributed by atoms with Crippen LogP contribution in [0.4, 0.5) is 17.1 Å². The highest BCUT2D eigenvalue weighted by Crippen LogP contribution is 2.22. The lowest BCUT2D eigenvalue weighted by molar-refractivity contribution is 0.602. The van der Waals surface area contributed by atoms with E-state index in [-0.39, 0.29) is 5.75 Å². The van der Waals surface area contributed by atoms with Crippen LogP contribution in [-0.2, 0) is 10.0 Å². The molecule has 0 heterocycles. The Hall–Kier alpha value is -1.53. The summed E-state index contributed by atoms with van der Waals surface area (Å²) in [6.45, 7) is 1.60. The molecule has 0 saturated carbocycles. The van der Waals surface area contributed by atoms with Gasteiger partial charge in [-0.1, -0.05) is 22.0 Å². The third-order valence-corrected chi connectivity index (χ3v) is 4.45. The van der Waals surface area contributed by atoms with E-state index in [1.807, 2.05) is 36.4 Å². The molecule has 0 aliphatic rings. The van der Waals surface area contributed by atoms with E-state index >= 15 is 0 Å². The van der Waals surface area contributed by atoms with Gasteiger partial charge in [-0.25, -0.2) is 8.42 Å². The quantitative estimate of drug-likeness (QED) is 0.854. The number of benzene rings is 2. The third-order valence-electron chi connectivity index (χ3n) is 2.65. The van der Waals surface area contributed by atoms with Crippen molar-refractivity contribution < 1.29 is 8.42 Å². The molecule has 0 aromatic heterocycles. The van der Waals surface area contributed by atoms with Crippen LogP contribution in [0.5, 0.6) is 0 Å². The molecule has 0 spiro atoms. The van der Waals surface area contributed by atoms with Crippen molar-refractivity contribution in [2.45, 2.75) is 6.92 Å². The summed E-state index contributed by atoms with van der Waals surface area (Å²) in [7, 11) is -3.23. The van der Waals surface area contributed by atoms with Gasteiger partial charge in [0, 0.05) is 21.5 Å². The summed E-state index contributed by atoms with van der Waals surface area (Å²) in [5.41, 5.74) is 2.41. The maximum atomic E-state index is 11.5. The van der Waals surface area contributed by atoms with Crippen molar-refractivity contribution in [2.75, 3.05) is 15.8 Å². The lowest BCUT2D eigenvalue weighted by Gasteiger charge is -2.09. The first-order valence-electron chi connectivity index (χ1n) is 6.11. The zero-order valence-electron chi connectivity index (χ0n) is 10.9. The van der Waals surface area contributed by atoms with Gasteiger partial charge < -0.3 is 5.32 Å². The summed E-state index contributed by atoms with van der Waals surface area (Å²) >= 11 is 3.41. The second-order valence-corrected chi connectivity index (χ2v) is 7.14. The molecular formula is C14H15BrN2O2S. The van der Waals surface area contributed by atoms with Gasteiger partial charge in [-0.3, -0.25) is 4.72 Å². The van der Waals surface area contributed by atoms with Crippen molar-refractivity contribution in [3.63, 3.8) is 0 Å². The minimum absolute atomic E-state index is 0.0606. The molecule has 20 heavy (non-hydrogen) atoms. The van der Waals surface area contributed by atoms with Crippen LogP contribution in [-0.4, -0.2) is 14.2 Å². The molecule has 0 aliphatic heterocycles. The number of sulfonamides is 1. The van der Waals surface area contributed by atoms with Gasteiger partial charge in [-0.2, -0.15) is 0 Å². The van der Waals surface area contributed by atoms with Gasteiger partial charge in [-0.05, 0) is 49.4 Å². The molecule has 0 saturated heterocycles. The Bertz CT molecular complexity index is 685. The molecule has 0 bridgehead atoms. The fourth-order valence-corrected chi connectivity index (χ4v) is 2.65. The molecule has 2 N–H and O–H groups in total. The summed E-state index contributed by atoms with van der Waals surface area (Å²) in [4.78, 5) is 0. The topological polar surface area (TPSA) is 58.2 Å². The predicted molar refractivity (Wildman–Crippen MR) is 87.0 cm³/mol. The first-order chi connectivity index (χ1) is 9.48. The largest absolute Gasteiger partial charge is 0.355 e. The van der Waals surface area contributed by atoms with E-state index in [9.17, 15) is 8.42 Å². The van der Waals surface area contributed by atoms with E-state index in [0.29, 0.717) is 5.69 Å². The van der Waals surface area contributed by atoms with Crippen molar-refractivity contribution in [3.05, 3.63) is 53.0 Å². The number of nitrogens with one attached hydrogen (secondary N) is 2. The minimum atomic E-state index is -3.23. The number of halogens is 1. The highest BCUT2D eigenvalue weighted by atomic mass is 79.9. The van der Waals surface area contributed by atoms with Crippen molar-refractivity contribution in [1.29, 1.82) is 0 Å². The molecular weight excluding hydrogens is 340 g/mol. The van der Waals surface area contributed by atoms with Gasteiger partial charge in [0.25, 0.3) is 0 Å². The van der Waals surface area contributed by atoms with E-state index in [4.69, 9.17) is 0 Å². The molecule has 0 atom stereocenters. The normalized spacial score (nSPS) is 11.1. The average molecular weight is 355 g/mol. The molecule has 0 unspecified atom stereocenters. The lowest BCUT2D eigenvalue weighted by Crippen LogP contribution is -2.14. The van der Waals surface area contributed by atoms with Crippen LogP contribution in [0.2, 0.25) is 0 Å². The predicted octanol–water partition coefficient (Wildman–Crippen LogP) is 3.95. The summed E-state index contributed by atoms with van der Waals surface area (Å²) in [5.74, 6) is 0.0606. The average Bonchev–Trinajstić information content (AvgIpc) is 2.41. The molecule has 2 rings (SSSR count). The molecule has 6 heteroatoms. The van der Waals surface area contributed by atoms with Crippen LogP contribution >= 0.6 is 15.9 Å². The van der Waals surface area contributed by atoms with Crippen LogP contribution in [0, 0.1) is 0 Å². The molecule has 106 valence electrons. The maximum absolute atomic E-state index is 11.5. The van der Waals surface area contributed by atoms with Gasteiger partial charge in [0.2, 0.25) is 10.0 Å². The number of hydrogen-bond acceptors (Lipinski definition) is 3. The van der Waals surface area contributed by atoms with Crippen molar-refractivity contribution in [3.8, 4) is 0 Å². The van der Waals surface area contributed by atoms with E-state index in [1.165, 1.54) is 0 Å². The molecule has 4 nitrogen and oxygen atoms in total. The molecule has 2 aromatic carbocycles. The fraction of sp³-hybridized carbons (Fsp3) is 0.143. The molecule has 0 radical (unpaired) electrons. The van der Waals surface area contributed by atoms with Crippen LogP contribution in [0.15, 0.2) is 53.0 Å². The Balaban J connectivity index is 2.09. The lowest BCUT2D eigenvalue weighted by atomic mass is 10.2. The first kappa shape index (κ1) is 14.9. The zero-order valence-corrected chi connectivity index (χ0v) is 13.3. The van der Waals surface area contributed by atoms with Gasteiger partial charge >= 0.3 is 0 Å². The van der Waals surface area contributed by atoms with Crippen molar-refractivity contribution in [1.82, 2.24) is 0 Å². The number of anilines is 3. The Labute approximate surface area is 127 Å². The van der Waals surface area contributed by atoms with E-state index in [1.54, 1.807) is 19.1 Å². The van der Waals surface area contributed by atoms with Crippen molar-refractivity contribution >= 4 is 43.0 Å². The van der Waals surface area contributed by atoms with Gasteiger partial charge in [0.1, 0.15) is 0 Å². The second-order valence-electron chi connectivity index (χ2n) is 4.22. The smallest absolute Gasteiger partial charge is 0.232 e. The SMILES string of the molecule is CCS(=O)(=O)Nc1ccc(Nc2cccc(Br)c2)cc1. The number of rotatable bonds is 5. The summed E-state index contributed by atoms with van der Waals surface area (Å²) < 4.78 is 26.4. The second kappa shape index (κ2) is 6.28. The van der Waals surface area contributed by atoms with Crippen LogP contribution < -0.4 is 10.0 Å². The summed E-state index contributed by atoms with van der Waals surface area (Å²) in [6, 6.07) is 14.9. The maximum Gasteiger partial charge on any atom is 0.232 e. The molecule has 0 aliphatic carbocycles. The minimum Gasteiger partial charge on any atom is -0.355 e.